The number of hydrogen-bond acceptors (Lipinski definition) is 5. The van der Waals surface area contributed by atoms with E-state index in [1.165, 1.54) is 0 Å². The molecule has 0 amide bonds. The maximum Gasteiger partial charge on any atom is 0.104 e. The molecule has 5 heteroatoms. The molecule has 0 saturated carbocycles. The van der Waals surface area contributed by atoms with Crippen molar-refractivity contribution < 1.29 is 20.1 Å². The highest BCUT2D eigenvalue weighted by molar-refractivity contribution is 4.60. The van der Waals surface area contributed by atoms with E-state index in [2.05, 4.69) is 0 Å². The quantitative estimate of drug-likeness (QED) is 0.448. The van der Waals surface area contributed by atoms with Gasteiger partial charge in [-0.25, -0.2) is 0 Å². The van der Waals surface area contributed by atoms with Crippen molar-refractivity contribution in [3.8, 4) is 0 Å². The molecule has 0 fully saturated rings. The van der Waals surface area contributed by atoms with Crippen LogP contribution in [-0.4, -0.2) is 72.9 Å². The first-order valence-electron chi connectivity index (χ1n) is 4.26. The number of aliphatic hydroxyl groups excluding tert-OH is 3. The second-order valence-electron chi connectivity index (χ2n) is 3.24. The Morgan fingerprint density at radius 2 is 1.77 bits per heavy atom. The predicted octanol–water partition coefficient (Wildman–Crippen LogP) is -1.72. The molecule has 80 valence electrons. The SMILES string of the molecule is CN(C)CC(O)COC(CO)CO. The smallest absolute Gasteiger partial charge is 0.104 e. The molecular formula is C8H19NO4. The lowest BCUT2D eigenvalue weighted by Gasteiger charge is -2.18. The zero-order chi connectivity index (χ0) is 10.3. The number of hydrogen-bond donors (Lipinski definition) is 3. The zero-order valence-electron chi connectivity index (χ0n) is 8.18. The van der Waals surface area contributed by atoms with E-state index in [0.29, 0.717) is 6.54 Å². The third kappa shape index (κ3) is 6.92. The van der Waals surface area contributed by atoms with E-state index in [-0.39, 0.29) is 19.8 Å². The molecule has 0 aliphatic carbocycles. The first-order valence-corrected chi connectivity index (χ1v) is 4.26. The highest BCUT2D eigenvalue weighted by Gasteiger charge is 2.10. The van der Waals surface area contributed by atoms with Gasteiger partial charge >= 0.3 is 0 Å². The lowest BCUT2D eigenvalue weighted by Crippen LogP contribution is -2.33. The van der Waals surface area contributed by atoms with Gasteiger partial charge in [0.2, 0.25) is 0 Å². The maximum atomic E-state index is 9.33. The first-order chi connectivity index (χ1) is 6.10. The Bertz CT molecular complexity index is 117. The lowest BCUT2D eigenvalue weighted by atomic mass is 10.3. The van der Waals surface area contributed by atoms with Gasteiger partial charge in [0, 0.05) is 6.54 Å². The Morgan fingerprint density at radius 3 is 2.15 bits per heavy atom. The summed E-state index contributed by atoms with van der Waals surface area (Å²) in [6.45, 7) is 0.171. The summed E-state index contributed by atoms with van der Waals surface area (Å²) in [6.07, 6.45) is -1.17. The van der Waals surface area contributed by atoms with Gasteiger partial charge in [-0.15, -0.1) is 0 Å². The van der Waals surface area contributed by atoms with Gasteiger partial charge in [0.25, 0.3) is 0 Å². The van der Waals surface area contributed by atoms with Crippen LogP contribution >= 0.6 is 0 Å². The number of nitrogens with zero attached hydrogens (tertiary/aromatic N) is 1. The Morgan fingerprint density at radius 1 is 1.23 bits per heavy atom. The van der Waals surface area contributed by atoms with E-state index in [1.807, 2.05) is 19.0 Å². The average molecular weight is 193 g/mol. The summed E-state index contributed by atoms with van der Waals surface area (Å²) in [4.78, 5) is 1.83. The first kappa shape index (κ1) is 12.8. The Balaban J connectivity index is 3.49. The molecule has 5 nitrogen and oxygen atoms in total. The maximum absolute atomic E-state index is 9.33. The van der Waals surface area contributed by atoms with Crippen LogP contribution in [-0.2, 0) is 4.74 Å². The summed E-state index contributed by atoms with van der Waals surface area (Å²) in [5.41, 5.74) is 0. The Labute approximate surface area is 78.5 Å². The molecule has 0 aliphatic rings. The van der Waals surface area contributed by atoms with E-state index in [1.54, 1.807) is 0 Å². The third-order valence-corrected chi connectivity index (χ3v) is 1.51. The second kappa shape index (κ2) is 7.23. The van der Waals surface area contributed by atoms with Gasteiger partial charge in [-0.2, -0.15) is 0 Å². The van der Waals surface area contributed by atoms with Crippen molar-refractivity contribution in [1.82, 2.24) is 4.90 Å². The van der Waals surface area contributed by atoms with Gasteiger partial charge < -0.3 is 25.0 Å². The van der Waals surface area contributed by atoms with Crippen LogP contribution in [0.25, 0.3) is 0 Å². The molecule has 0 saturated heterocycles. The zero-order valence-corrected chi connectivity index (χ0v) is 8.18. The van der Waals surface area contributed by atoms with Crippen molar-refractivity contribution >= 4 is 0 Å². The van der Waals surface area contributed by atoms with Crippen molar-refractivity contribution in [2.24, 2.45) is 0 Å². The minimum absolute atomic E-state index is 0.129. The van der Waals surface area contributed by atoms with E-state index in [0.717, 1.165) is 0 Å². The van der Waals surface area contributed by atoms with E-state index in [4.69, 9.17) is 14.9 Å². The normalized spacial score (nSPS) is 14.1. The highest BCUT2D eigenvalue weighted by Crippen LogP contribution is 1.93. The Kier molecular flexibility index (Phi) is 7.12. The van der Waals surface area contributed by atoms with Crippen LogP contribution in [0.5, 0.6) is 0 Å². The van der Waals surface area contributed by atoms with E-state index >= 15 is 0 Å². The van der Waals surface area contributed by atoms with Gasteiger partial charge in [0.05, 0.1) is 25.9 Å². The topological polar surface area (TPSA) is 73.2 Å². The molecule has 0 aromatic carbocycles. The van der Waals surface area contributed by atoms with Crippen LogP contribution in [0, 0.1) is 0 Å². The van der Waals surface area contributed by atoms with Gasteiger partial charge in [0.15, 0.2) is 0 Å². The van der Waals surface area contributed by atoms with E-state index in [9.17, 15) is 5.11 Å². The summed E-state index contributed by atoms with van der Waals surface area (Å²) in [7, 11) is 3.69. The molecule has 3 N–H and O–H groups in total. The molecule has 0 aromatic rings. The summed E-state index contributed by atoms with van der Waals surface area (Å²) < 4.78 is 5.03. The fraction of sp³-hybridized carbons (Fsp3) is 1.00. The van der Waals surface area contributed by atoms with Crippen LogP contribution in [0.15, 0.2) is 0 Å². The monoisotopic (exact) mass is 193 g/mol. The molecule has 0 aromatic heterocycles. The summed E-state index contributed by atoms with van der Waals surface area (Å²) in [5.74, 6) is 0. The lowest BCUT2D eigenvalue weighted by molar-refractivity contribution is -0.0568. The number of rotatable bonds is 7. The second-order valence-corrected chi connectivity index (χ2v) is 3.24. The standard InChI is InChI=1S/C8H19NO4/c1-9(2)3-7(12)6-13-8(4-10)5-11/h7-8,10-12H,3-6H2,1-2H3. The molecule has 0 spiro atoms. The summed E-state index contributed by atoms with van der Waals surface area (Å²) >= 11 is 0. The largest absolute Gasteiger partial charge is 0.394 e. The van der Waals surface area contributed by atoms with Crippen LogP contribution in [0.1, 0.15) is 0 Å². The average Bonchev–Trinajstić information content (AvgIpc) is 2.05. The molecule has 0 radical (unpaired) electrons. The minimum atomic E-state index is -0.587. The molecule has 1 unspecified atom stereocenters. The molecular weight excluding hydrogens is 174 g/mol. The number of likely N-dealkylation sites (N-methyl/N-ethyl adjacent to an activating group) is 1. The van der Waals surface area contributed by atoms with Crippen molar-refractivity contribution in [2.45, 2.75) is 12.2 Å². The highest BCUT2D eigenvalue weighted by atomic mass is 16.5. The van der Waals surface area contributed by atoms with Gasteiger partial charge in [-0.1, -0.05) is 0 Å². The van der Waals surface area contributed by atoms with Gasteiger partial charge in [-0.05, 0) is 14.1 Å². The molecule has 0 bridgehead atoms. The fourth-order valence-corrected chi connectivity index (χ4v) is 0.885. The molecule has 0 rings (SSSR count). The number of aliphatic hydroxyl groups is 3. The van der Waals surface area contributed by atoms with Crippen molar-refractivity contribution in [1.29, 1.82) is 0 Å². The number of ether oxygens (including phenoxy) is 1. The van der Waals surface area contributed by atoms with Crippen molar-refractivity contribution in [2.75, 3.05) is 40.5 Å². The predicted molar refractivity (Wildman–Crippen MR) is 48.5 cm³/mol. The molecule has 1 atom stereocenters. The van der Waals surface area contributed by atoms with Gasteiger partial charge in [0.1, 0.15) is 6.10 Å². The van der Waals surface area contributed by atoms with Crippen molar-refractivity contribution in [3.05, 3.63) is 0 Å². The molecule has 13 heavy (non-hydrogen) atoms. The van der Waals surface area contributed by atoms with Crippen molar-refractivity contribution in [3.63, 3.8) is 0 Å². The van der Waals surface area contributed by atoms with Gasteiger partial charge in [-0.3, -0.25) is 0 Å². The molecule has 0 heterocycles. The Hall–Kier alpha value is -0.200. The third-order valence-electron chi connectivity index (χ3n) is 1.51. The van der Waals surface area contributed by atoms with Crippen LogP contribution in [0.3, 0.4) is 0 Å². The summed E-state index contributed by atoms with van der Waals surface area (Å²) in [6, 6.07) is 0. The summed E-state index contributed by atoms with van der Waals surface area (Å²) in [5, 5.41) is 26.6. The van der Waals surface area contributed by atoms with E-state index < -0.39 is 12.2 Å². The van der Waals surface area contributed by atoms with Crippen LogP contribution < -0.4 is 0 Å². The minimum Gasteiger partial charge on any atom is -0.394 e. The van der Waals surface area contributed by atoms with Crippen LogP contribution in [0.4, 0.5) is 0 Å². The fourth-order valence-electron chi connectivity index (χ4n) is 0.885. The van der Waals surface area contributed by atoms with Crippen LogP contribution in [0.2, 0.25) is 0 Å². The molecule has 0 aliphatic heterocycles.